The third-order valence-corrected chi connectivity index (χ3v) is 4.65. The molecule has 3 N–H and O–H groups in total. The summed E-state index contributed by atoms with van der Waals surface area (Å²) in [6.07, 6.45) is 7.20. The van der Waals surface area contributed by atoms with E-state index in [2.05, 4.69) is 35.2 Å². The van der Waals surface area contributed by atoms with Crippen molar-refractivity contribution < 1.29 is 5.11 Å². The van der Waals surface area contributed by atoms with Crippen molar-refractivity contribution in [3.8, 4) is 0 Å². The van der Waals surface area contributed by atoms with Gasteiger partial charge in [-0.2, -0.15) is 0 Å². The molecule has 4 heteroatoms. The van der Waals surface area contributed by atoms with Gasteiger partial charge in [-0.05, 0) is 49.8 Å². The van der Waals surface area contributed by atoms with Crippen molar-refractivity contribution in [2.24, 2.45) is 0 Å². The monoisotopic (exact) mass is 299 g/mol. The van der Waals surface area contributed by atoms with E-state index in [1.54, 1.807) is 6.20 Å². The second-order valence-corrected chi connectivity index (χ2v) is 6.66. The minimum Gasteiger partial charge on any atom is -0.384 e. The Labute approximate surface area is 132 Å². The third-order valence-electron chi connectivity index (χ3n) is 4.65. The Morgan fingerprint density at radius 2 is 2.09 bits per heavy atom. The quantitative estimate of drug-likeness (QED) is 0.805. The molecule has 0 aromatic carbocycles. The average molecular weight is 299 g/mol. The first kappa shape index (κ1) is 15.1. The fraction of sp³-hybridized carbons (Fsp3) is 0.500. The first-order valence-corrected chi connectivity index (χ1v) is 8.15. The predicted octanol–water partition coefficient (Wildman–Crippen LogP) is 3.78. The molecule has 0 bridgehead atoms. The van der Waals surface area contributed by atoms with Crippen molar-refractivity contribution in [3.05, 3.63) is 48.0 Å². The molecular weight excluding hydrogens is 274 g/mol. The number of nitrogens with zero attached hydrogens (tertiary/aromatic N) is 1. The van der Waals surface area contributed by atoms with Gasteiger partial charge in [0.1, 0.15) is 5.60 Å². The molecule has 0 aliphatic heterocycles. The summed E-state index contributed by atoms with van der Waals surface area (Å²) in [7, 11) is 0. The van der Waals surface area contributed by atoms with Crippen LogP contribution in [0.3, 0.4) is 0 Å². The zero-order chi connectivity index (χ0) is 15.6. The van der Waals surface area contributed by atoms with Gasteiger partial charge in [-0.3, -0.25) is 4.98 Å². The first-order chi connectivity index (χ1) is 10.6. The lowest BCUT2D eigenvalue weighted by Crippen LogP contribution is -2.36. The van der Waals surface area contributed by atoms with Crippen LogP contribution < -0.4 is 5.32 Å². The largest absolute Gasteiger partial charge is 0.384 e. The lowest BCUT2D eigenvalue weighted by molar-refractivity contribution is -0.00725. The van der Waals surface area contributed by atoms with Gasteiger partial charge in [0.05, 0.1) is 11.4 Å². The number of hydrogen-bond acceptors (Lipinski definition) is 3. The van der Waals surface area contributed by atoms with Gasteiger partial charge in [0.2, 0.25) is 0 Å². The van der Waals surface area contributed by atoms with E-state index in [9.17, 15) is 5.11 Å². The van der Waals surface area contributed by atoms with Crippen LogP contribution in [0.25, 0.3) is 0 Å². The minimum absolute atomic E-state index is 0.416. The Morgan fingerprint density at radius 1 is 1.32 bits per heavy atom. The van der Waals surface area contributed by atoms with E-state index in [0.29, 0.717) is 12.0 Å². The molecule has 0 amide bonds. The third kappa shape index (κ3) is 3.17. The summed E-state index contributed by atoms with van der Waals surface area (Å²) in [6, 6.07) is 8.36. The first-order valence-electron chi connectivity index (χ1n) is 8.15. The molecule has 2 aromatic heterocycles. The van der Waals surface area contributed by atoms with Gasteiger partial charge in [0.15, 0.2) is 0 Å². The molecule has 0 radical (unpaired) electrons. The Bertz CT molecular complexity index is 598. The molecule has 0 unspecified atom stereocenters. The summed E-state index contributed by atoms with van der Waals surface area (Å²) in [4.78, 5) is 7.65. The maximum Gasteiger partial charge on any atom is 0.107 e. The molecule has 1 saturated carbocycles. The Kier molecular flexibility index (Phi) is 4.21. The van der Waals surface area contributed by atoms with Crippen molar-refractivity contribution >= 4 is 5.69 Å². The SMILES string of the molecule is CC(C)c1cc(NC2CCC(O)(c3ccccn3)CC2)c[nH]1. The zero-order valence-corrected chi connectivity index (χ0v) is 13.3. The molecular formula is C18H25N3O. The highest BCUT2D eigenvalue weighted by Gasteiger charge is 2.35. The van der Waals surface area contributed by atoms with Gasteiger partial charge in [-0.15, -0.1) is 0 Å². The smallest absolute Gasteiger partial charge is 0.107 e. The van der Waals surface area contributed by atoms with Crippen LogP contribution >= 0.6 is 0 Å². The van der Waals surface area contributed by atoms with Crippen LogP contribution in [0.5, 0.6) is 0 Å². The molecule has 0 spiro atoms. The van der Waals surface area contributed by atoms with E-state index >= 15 is 0 Å². The summed E-state index contributed by atoms with van der Waals surface area (Å²) in [6.45, 7) is 4.37. The molecule has 2 heterocycles. The van der Waals surface area contributed by atoms with Crippen LogP contribution in [0.15, 0.2) is 36.7 Å². The van der Waals surface area contributed by atoms with Crippen molar-refractivity contribution in [1.82, 2.24) is 9.97 Å². The predicted molar refractivity (Wildman–Crippen MR) is 88.9 cm³/mol. The Balaban J connectivity index is 1.59. The molecule has 1 aliphatic carbocycles. The number of aromatic amines is 1. The lowest BCUT2D eigenvalue weighted by atomic mass is 9.80. The molecule has 0 saturated heterocycles. The highest BCUT2D eigenvalue weighted by Crippen LogP contribution is 2.37. The number of anilines is 1. The van der Waals surface area contributed by atoms with E-state index in [4.69, 9.17) is 0 Å². The van der Waals surface area contributed by atoms with Gasteiger partial charge in [-0.1, -0.05) is 19.9 Å². The van der Waals surface area contributed by atoms with Crippen molar-refractivity contribution in [2.45, 2.75) is 57.1 Å². The van der Waals surface area contributed by atoms with Crippen molar-refractivity contribution in [3.63, 3.8) is 0 Å². The van der Waals surface area contributed by atoms with Gasteiger partial charge >= 0.3 is 0 Å². The van der Waals surface area contributed by atoms with Crippen LogP contribution in [0.1, 0.15) is 56.8 Å². The van der Waals surface area contributed by atoms with Crippen LogP contribution in [0.4, 0.5) is 5.69 Å². The molecule has 22 heavy (non-hydrogen) atoms. The van der Waals surface area contributed by atoms with Crippen LogP contribution in [0.2, 0.25) is 0 Å². The van der Waals surface area contributed by atoms with Gasteiger partial charge in [0, 0.05) is 24.1 Å². The molecule has 1 aliphatic rings. The van der Waals surface area contributed by atoms with Crippen LogP contribution in [-0.2, 0) is 5.60 Å². The fourth-order valence-electron chi connectivity index (χ4n) is 3.20. The van der Waals surface area contributed by atoms with E-state index in [0.717, 1.165) is 37.1 Å². The lowest BCUT2D eigenvalue weighted by Gasteiger charge is -2.36. The van der Waals surface area contributed by atoms with Crippen LogP contribution in [0, 0.1) is 0 Å². The van der Waals surface area contributed by atoms with Crippen molar-refractivity contribution in [2.75, 3.05) is 5.32 Å². The molecule has 118 valence electrons. The number of hydrogen-bond donors (Lipinski definition) is 3. The number of rotatable bonds is 4. The van der Waals surface area contributed by atoms with E-state index in [1.165, 1.54) is 5.69 Å². The molecule has 4 nitrogen and oxygen atoms in total. The number of nitrogens with one attached hydrogen (secondary N) is 2. The van der Waals surface area contributed by atoms with Gasteiger partial charge in [-0.25, -0.2) is 0 Å². The highest BCUT2D eigenvalue weighted by atomic mass is 16.3. The molecule has 0 atom stereocenters. The van der Waals surface area contributed by atoms with Gasteiger partial charge < -0.3 is 15.4 Å². The second-order valence-electron chi connectivity index (χ2n) is 6.66. The second kappa shape index (κ2) is 6.13. The summed E-state index contributed by atoms with van der Waals surface area (Å²) in [5, 5.41) is 14.4. The number of aromatic nitrogens is 2. The van der Waals surface area contributed by atoms with Crippen molar-refractivity contribution in [1.29, 1.82) is 0 Å². The van der Waals surface area contributed by atoms with E-state index < -0.39 is 5.60 Å². The zero-order valence-electron chi connectivity index (χ0n) is 13.3. The minimum atomic E-state index is -0.763. The summed E-state index contributed by atoms with van der Waals surface area (Å²) >= 11 is 0. The maximum atomic E-state index is 10.8. The Hall–Kier alpha value is -1.81. The average Bonchev–Trinajstić information content (AvgIpc) is 3.00. The summed E-state index contributed by atoms with van der Waals surface area (Å²) < 4.78 is 0. The normalized spacial score (nSPS) is 25.4. The molecule has 1 fully saturated rings. The number of aliphatic hydroxyl groups is 1. The topological polar surface area (TPSA) is 60.9 Å². The molecule has 2 aromatic rings. The van der Waals surface area contributed by atoms with Gasteiger partial charge in [0.25, 0.3) is 0 Å². The van der Waals surface area contributed by atoms with E-state index in [-0.39, 0.29) is 0 Å². The fourth-order valence-corrected chi connectivity index (χ4v) is 3.20. The van der Waals surface area contributed by atoms with E-state index in [1.807, 2.05) is 24.4 Å². The Morgan fingerprint density at radius 3 is 2.68 bits per heavy atom. The number of H-pyrrole nitrogens is 1. The number of pyridine rings is 1. The summed E-state index contributed by atoms with van der Waals surface area (Å²) in [5.41, 5.74) is 2.44. The van der Waals surface area contributed by atoms with Crippen LogP contribution in [-0.4, -0.2) is 21.1 Å². The maximum absolute atomic E-state index is 10.8. The standard InChI is InChI=1S/C18H25N3O/c1-13(2)16-11-15(12-20-16)21-14-6-8-18(22,9-7-14)17-5-3-4-10-19-17/h3-5,10-14,20-22H,6-9H2,1-2H3. The summed E-state index contributed by atoms with van der Waals surface area (Å²) in [5.74, 6) is 0.510. The molecule has 3 rings (SSSR count). The highest BCUT2D eigenvalue weighted by molar-refractivity contribution is 5.45.